The first-order chi connectivity index (χ1) is 11.1. The molecule has 2 aliphatic rings. The first-order valence-corrected chi connectivity index (χ1v) is 9.47. The molecule has 0 spiro atoms. The van der Waals surface area contributed by atoms with E-state index in [0.717, 1.165) is 55.2 Å². The van der Waals surface area contributed by atoms with Crippen LogP contribution in [0.15, 0.2) is 18.3 Å². The van der Waals surface area contributed by atoms with Gasteiger partial charge in [0.1, 0.15) is 5.82 Å². The minimum Gasteiger partial charge on any atom is -0.387 e. The number of anilines is 1. The monoisotopic (exact) mass is 335 g/mol. The van der Waals surface area contributed by atoms with Gasteiger partial charge in [0, 0.05) is 37.5 Å². The molecule has 2 fully saturated rings. The zero-order chi connectivity index (χ0) is 16.3. The van der Waals surface area contributed by atoms with Crippen LogP contribution in [0.3, 0.4) is 0 Å². The van der Waals surface area contributed by atoms with Gasteiger partial charge in [0.05, 0.1) is 5.60 Å². The predicted octanol–water partition coefficient (Wildman–Crippen LogP) is 1.59. The third kappa shape index (κ3) is 4.18. The number of hydrogen-bond donors (Lipinski definition) is 2. The van der Waals surface area contributed by atoms with Crippen molar-refractivity contribution in [2.45, 2.75) is 31.8 Å². The summed E-state index contributed by atoms with van der Waals surface area (Å²) in [6, 6.07) is 4.12. The van der Waals surface area contributed by atoms with Gasteiger partial charge < -0.3 is 15.3 Å². The normalized spacial score (nSPS) is 25.6. The maximum Gasteiger partial charge on any atom is 0.223 e. The van der Waals surface area contributed by atoms with Gasteiger partial charge in [0.15, 0.2) is 0 Å². The van der Waals surface area contributed by atoms with Gasteiger partial charge in [-0.2, -0.15) is 11.8 Å². The van der Waals surface area contributed by atoms with Crippen molar-refractivity contribution in [3.8, 4) is 0 Å². The van der Waals surface area contributed by atoms with E-state index in [9.17, 15) is 9.90 Å². The van der Waals surface area contributed by atoms with Gasteiger partial charge in [-0.25, -0.2) is 4.98 Å². The van der Waals surface area contributed by atoms with Crippen molar-refractivity contribution < 1.29 is 9.90 Å². The Morgan fingerprint density at radius 2 is 2.26 bits per heavy atom. The number of aromatic nitrogens is 1. The lowest BCUT2D eigenvalue weighted by Crippen LogP contribution is -2.47. The van der Waals surface area contributed by atoms with Gasteiger partial charge in [0.25, 0.3) is 0 Å². The van der Waals surface area contributed by atoms with Crippen molar-refractivity contribution in [2.24, 2.45) is 5.92 Å². The summed E-state index contributed by atoms with van der Waals surface area (Å²) >= 11 is 1.75. The molecule has 0 saturated carbocycles. The van der Waals surface area contributed by atoms with Crippen molar-refractivity contribution in [3.63, 3.8) is 0 Å². The third-order valence-electron chi connectivity index (χ3n) is 4.76. The van der Waals surface area contributed by atoms with Crippen molar-refractivity contribution in [1.82, 2.24) is 10.3 Å². The van der Waals surface area contributed by atoms with Crippen LogP contribution in [0.5, 0.6) is 0 Å². The molecule has 0 unspecified atom stereocenters. The number of aliphatic hydroxyl groups is 1. The molecule has 2 aliphatic heterocycles. The summed E-state index contributed by atoms with van der Waals surface area (Å²) in [5, 5.41) is 13.3. The average molecular weight is 335 g/mol. The quantitative estimate of drug-likeness (QED) is 0.875. The molecular formula is C17H25N3O2S. The van der Waals surface area contributed by atoms with E-state index in [1.165, 1.54) is 0 Å². The molecule has 1 amide bonds. The van der Waals surface area contributed by atoms with Gasteiger partial charge in [-0.3, -0.25) is 4.79 Å². The maximum absolute atomic E-state index is 12.3. The van der Waals surface area contributed by atoms with Crippen LogP contribution in [0.2, 0.25) is 0 Å². The van der Waals surface area contributed by atoms with Crippen LogP contribution in [0.4, 0.5) is 5.82 Å². The van der Waals surface area contributed by atoms with Crippen molar-refractivity contribution in [3.05, 3.63) is 23.9 Å². The summed E-state index contributed by atoms with van der Waals surface area (Å²) in [6.07, 6.45) is 4.34. The molecule has 0 bridgehead atoms. The largest absolute Gasteiger partial charge is 0.387 e. The lowest BCUT2D eigenvalue weighted by molar-refractivity contribution is -0.126. The zero-order valence-electron chi connectivity index (χ0n) is 13.6. The predicted molar refractivity (Wildman–Crippen MR) is 93.8 cm³/mol. The number of amides is 1. The second-order valence-electron chi connectivity index (χ2n) is 6.70. The standard InChI is InChI=1S/C17H25N3O2S/c1-13-2-3-15(18-10-13)20-7-4-14(5-8-20)16(21)19-11-17(22)6-9-23-12-17/h2-3,10,14,22H,4-9,11-12H2,1H3,(H,19,21)/t17-/m1/s1. The number of carbonyl (C=O) groups excluding carboxylic acids is 1. The van der Waals surface area contributed by atoms with Gasteiger partial charge in [-0.1, -0.05) is 6.07 Å². The van der Waals surface area contributed by atoms with Gasteiger partial charge in [0.2, 0.25) is 5.91 Å². The number of thioether (sulfide) groups is 1. The molecule has 0 radical (unpaired) electrons. The molecule has 3 rings (SSSR count). The zero-order valence-corrected chi connectivity index (χ0v) is 14.4. The second kappa shape index (κ2) is 7.09. The van der Waals surface area contributed by atoms with Crippen molar-refractivity contribution >= 4 is 23.5 Å². The van der Waals surface area contributed by atoms with Crippen molar-refractivity contribution in [1.29, 1.82) is 0 Å². The molecule has 6 heteroatoms. The van der Waals surface area contributed by atoms with E-state index >= 15 is 0 Å². The summed E-state index contributed by atoms with van der Waals surface area (Å²) in [5.74, 6) is 2.84. The Morgan fingerprint density at radius 3 is 2.87 bits per heavy atom. The molecule has 1 aromatic heterocycles. The Bertz CT molecular complexity index is 535. The van der Waals surface area contributed by atoms with E-state index < -0.39 is 5.60 Å². The fourth-order valence-corrected chi connectivity index (χ4v) is 4.44. The highest BCUT2D eigenvalue weighted by molar-refractivity contribution is 7.99. The second-order valence-corrected chi connectivity index (χ2v) is 7.80. The number of rotatable bonds is 4. The average Bonchev–Trinajstić information content (AvgIpc) is 3.01. The van der Waals surface area contributed by atoms with Gasteiger partial charge >= 0.3 is 0 Å². The fraction of sp³-hybridized carbons (Fsp3) is 0.647. The molecule has 2 N–H and O–H groups in total. The summed E-state index contributed by atoms with van der Waals surface area (Å²) in [4.78, 5) is 19.0. The van der Waals surface area contributed by atoms with Crippen LogP contribution in [-0.4, -0.2) is 52.7 Å². The minimum atomic E-state index is -0.702. The lowest BCUT2D eigenvalue weighted by Gasteiger charge is -2.32. The lowest BCUT2D eigenvalue weighted by atomic mass is 9.95. The SMILES string of the molecule is Cc1ccc(N2CCC(C(=O)NC[C@]3(O)CCSC3)CC2)nc1. The molecule has 2 saturated heterocycles. The molecular weight excluding hydrogens is 310 g/mol. The van der Waals surface area contributed by atoms with Crippen LogP contribution in [0.1, 0.15) is 24.8 Å². The molecule has 0 aromatic carbocycles. The number of hydrogen-bond acceptors (Lipinski definition) is 5. The van der Waals surface area contributed by atoms with Crippen LogP contribution < -0.4 is 10.2 Å². The van der Waals surface area contributed by atoms with E-state index in [1.807, 2.05) is 19.2 Å². The van der Waals surface area contributed by atoms with E-state index in [2.05, 4.69) is 21.3 Å². The van der Waals surface area contributed by atoms with Crippen LogP contribution in [-0.2, 0) is 4.79 Å². The smallest absolute Gasteiger partial charge is 0.223 e. The van der Waals surface area contributed by atoms with Gasteiger partial charge in [-0.15, -0.1) is 0 Å². The fourth-order valence-electron chi connectivity index (χ4n) is 3.15. The Morgan fingerprint density at radius 1 is 1.48 bits per heavy atom. The number of piperidine rings is 1. The Balaban J connectivity index is 1.46. The molecule has 1 aromatic rings. The highest BCUT2D eigenvalue weighted by atomic mass is 32.2. The summed E-state index contributed by atoms with van der Waals surface area (Å²) in [6.45, 7) is 4.13. The van der Waals surface area contributed by atoms with Crippen molar-refractivity contribution in [2.75, 3.05) is 36.0 Å². The summed E-state index contributed by atoms with van der Waals surface area (Å²) < 4.78 is 0. The number of carbonyl (C=O) groups is 1. The Labute approximate surface area is 141 Å². The first kappa shape index (κ1) is 16.6. The van der Waals surface area contributed by atoms with E-state index in [0.29, 0.717) is 6.54 Å². The number of pyridine rings is 1. The van der Waals surface area contributed by atoms with E-state index in [-0.39, 0.29) is 11.8 Å². The third-order valence-corrected chi connectivity index (χ3v) is 5.99. The van der Waals surface area contributed by atoms with Crippen LogP contribution in [0, 0.1) is 12.8 Å². The number of nitrogens with one attached hydrogen (secondary N) is 1. The van der Waals surface area contributed by atoms with Crippen LogP contribution in [0.25, 0.3) is 0 Å². The summed E-state index contributed by atoms with van der Waals surface area (Å²) in [5.41, 5.74) is 0.457. The molecule has 3 heterocycles. The molecule has 0 aliphatic carbocycles. The Kier molecular flexibility index (Phi) is 5.11. The topological polar surface area (TPSA) is 65.5 Å². The molecule has 23 heavy (non-hydrogen) atoms. The molecule has 1 atom stereocenters. The Hall–Kier alpha value is -1.27. The van der Waals surface area contributed by atoms with Gasteiger partial charge in [-0.05, 0) is 43.6 Å². The van der Waals surface area contributed by atoms with E-state index in [4.69, 9.17) is 0 Å². The van der Waals surface area contributed by atoms with E-state index in [1.54, 1.807) is 11.8 Å². The number of aryl methyl sites for hydroxylation is 1. The van der Waals surface area contributed by atoms with Crippen LogP contribution >= 0.6 is 11.8 Å². The highest BCUT2D eigenvalue weighted by Crippen LogP contribution is 2.27. The first-order valence-electron chi connectivity index (χ1n) is 8.31. The summed E-state index contributed by atoms with van der Waals surface area (Å²) in [7, 11) is 0. The molecule has 5 nitrogen and oxygen atoms in total. The molecule has 126 valence electrons. The minimum absolute atomic E-state index is 0.0503. The maximum atomic E-state index is 12.3. The highest BCUT2D eigenvalue weighted by Gasteiger charge is 2.33. The number of nitrogens with zero attached hydrogens (tertiary/aromatic N) is 2.